The maximum absolute atomic E-state index is 5.85. The van der Waals surface area contributed by atoms with E-state index in [9.17, 15) is 0 Å². The largest absolute Gasteiger partial charge is 0.439 e. The zero-order chi connectivity index (χ0) is 18.5. The number of nitrogens with zero attached hydrogens (tertiary/aromatic N) is 6. The summed E-state index contributed by atoms with van der Waals surface area (Å²) >= 11 is 0. The van der Waals surface area contributed by atoms with Crippen LogP contribution in [0.5, 0.6) is 0 Å². The average molecular weight is 358 g/mol. The summed E-state index contributed by atoms with van der Waals surface area (Å²) in [5.41, 5.74) is 6.42. The third-order valence-corrected chi connectivity index (χ3v) is 4.59. The Morgan fingerprint density at radius 2 is 1.85 bits per heavy atom. The van der Waals surface area contributed by atoms with E-state index in [2.05, 4.69) is 20.1 Å². The maximum Gasteiger partial charge on any atom is 0.215 e. The molecule has 0 aliphatic carbocycles. The number of imidazole rings is 1. The van der Waals surface area contributed by atoms with Crippen LogP contribution in [-0.4, -0.2) is 29.3 Å². The lowest BCUT2D eigenvalue weighted by Gasteiger charge is -2.04. The van der Waals surface area contributed by atoms with E-state index in [1.807, 2.05) is 68.3 Å². The van der Waals surface area contributed by atoms with Crippen molar-refractivity contribution >= 4 is 11.1 Å². The van der Waals surface area contributed by atoms with Gasteiger partial charge in [0.2, 0.25) is 5.89 Å². The van der Waals surface area contributed by atoms with Crippen molar-refractivity contribution in [3.05, 3.63) is 60.0 Å². The molecular formula is C20H18N6O. The molecule has 0 saturated carbocycles. The van der Waals surface area contributed by atoms with Crippen molar-refractivity contribution in [2.45, 2.75) is 20.4 Å². The summed E-state index contributed by atoms with van der Waals surface area (Å²) in [5.74, 6) is 1.37. The molecule has 2 aliphatic rings. The molecule has 2 aliphatic heterocycles. The van der Waals surface area contributed by atoms with Gasteiger partial charge in [-0.3, -0.25) is 4.68 Å². The molecule has 5 rings (SSSR count). The standard InChI is InChI=1S/C20H18N6O/c1-12-4-5-18-16(8-12)21-19(27-18)11-26-7-6-15-17(10-26)23-20(22-15)14-9-25(3)24-13(14)2/h4-10H,11H2,1-3H3. The van der Waals surface area contributed by atoms with Gasteiger partial charge in [0.1, 0.15) is 11.2 Å². The predicted molar refractivity (Wildman–Crippen MR) is 101 cm³/mol. The van der Waals surface area contributed by atoms with Crippen molar-refractivity contribution in [3.63, 3.8) is 0 Å². The van der Waals surface area contributed by atoms with Crippen molar-refractivity contribution in [2.75, 3.05) is 0 Å². The third kappa shape index (κ3) is 2.77. The predicted octanol–water partition coefficient (Wildman–Crippen LogP) is 3.59. The minimum Gasteiger partial charge on any atom is -0.439 e. The van der Waals surface area contributed by atoms with E-state index in [0.717, 1.165) is 33.7 Å². The molecule has 7 heteroatoms. The normalized spacial score (nSPS) is 11.7. The number of aryl methyl sites for hydroxylation is 3. The van der Waals surface area contributed by atoms with Crippen molar-refractivity contribution in [3.8, 4) is 22.8 Å². The van der Waals surface area contributed by atoms with Gasteiger partial charge in [-0.25, -0.2) is 15.0 Å². The van der Waals surface area contributed by atoms with Gasteiger partial charge in [0.15, 0.2) is 11.4 Å². The lowest BCUT2D eigenvalue weighted by Crippen LogP contribution is -2.01. The van der Waals surface area contributed by atoms with Gasteiger partial charge in [0, 0.05) is 25.6 Å². The Kier molecular flexibility index (Phi) is 3.36. The van der Waals surface area contributed by atoms with Crippen LogP contribution >= 0.6 is 0 Å². The first-order valence-corrected chi connectivity index (χ1v) is 8.75. The van der Waals surface area contributed by atoms with Gasteiger partial charge in [-0.1, -0.05) is 6.07 Å². The van der Waals surface area contributed by atoms with Crippen LogP contribution < -0.4 is 0 Å². The summed E-state index contributed by atoms with van der Waals surface area (Å²) in [4.78, 5) is 13.9. The SMILES string of the molecule is Cc1ccc2oc(Cn3ccc4nc(-c5cn(C)nc5C)nc-4c3)nc2c1. The van der Waals surface area contributed by atoms with Crippen LogP contribution in [0.25, 0.3) is 33.9 Å². The number of pyridine rings is 1. The second-order valence-corrected chi connectivity index (χ2v) is 6.82. The Morgan fingerprint density at radius 1 is 1.00 bits per heavy atom. The first kappa shape index (κ1) is 15.7. The molecule has 7 nitrogen and oxygen atoms in total. The molecule has 0 radical (unpaired) electrons. The molecular weight excluding hydrogens is 340 g/mol. The molecule has 134 valence electrons. The van der Waals surface area contributed by atoms with Crippen LogP contribution in [0.3, 0.4) is 0 Å². The maximum atomic E-state index is 5.85. The highest BCUT2D eigenvalue weighted by Gasteiger charge is 2.16. The van der Waals surface area contributed by atoms with E-state index in [1.54, 1.807) is 4.68 Å². The topological polar surface area (TPSA) is 74.6 Å². The van der Waals surface area contributed by atoms with E-state index in [4.69, 9.17) is 4.42 Å². The molecule has 0 atom stereocenters. The quantitative estimate of drug-likeness (QED) is 0.493. The fraction of sp³-hybridized carbons (Fsp3) is 0.200. The molecule has 4 heterocycles. The monoisotopic (exact) mass is 358 g/mol. The summed E-state index contributed by atoms with van der Waals surface area (Å²) in [5, 5.41) is 4.37. The van der Waals surface area contributed by atoms with E-state index < -0.39 is 0 Å². The molecule has 0 spiro atoms. The second-order valence-electron chi connectivity index (χ2n) is 6.82. The fourth-order valence-electron chi connectivity index (χ4n) is 3.30. The third-order valence-electron chi connectivity index (χ3n) is 4.59. The molecule has 3 aromatic rings. The van der Waals surface area contributed by atoms with Crippen molar-refractivity contribution < 1.29 is 4.42 Å². The van der Waals surface area contributed by atoms with Crippen LogP contribution in [-0.2, 0) is 13.6 Å². The van der Waals surface area contributed by atoms with Gasteiger partial charge >= 0.3 is 0 Å². The Labute approximate surface area is 155 Å². The van der Waals surface area contributed by atoms with Crippen molar-refractivity contribution in [1.82, 2.24) is 29.3 Å². The Morgan fingerprint density at radius 3 is 2.67 bits per heavy atom. The van der Waals surface area contributed by atoms with Crippen LogP contribution in [0, 0.1) is 13.8 Å². The number of rotatable bonds is 3. The summed E-state index contributed by atoms with van der Waals surface area (Å²) in [6.07, 6.45) is 5.88. The first-order valence-electron chi connectivity index (χ1n) is 8.75. The molecule has 0 bridgehead atoms. The smallest absolute Gasteiger partial charge is 0.215 e. The molecule has 0 amide bonds. The van der Waals surface area contributed by atoms with E-state index >= 15 is 0 Å². The van der Waals surface area contributed by atoms with Crippen LogP contribution in [0.2, 0.25) is 0 Å². The number of hydrogen-bond donors (Lipinski definition) is 0. The molecule has 1 aromatic carbocycles. The summed E-state index contributed by atoms with van der Waals surface area (Å²) in [6, 6.07) is 7.98. The Hall–Kier alpha value is -3.48. The van der Waals surface area contributed by atoms with Crippen LogP contribution in [0.1, 0.15) is 17.1 Å². The molecule has 2 aromatic heterocycles. The van der Waals surface area contributed by atoms with Gasteiger partial charge in [-0.15, -0.1) is 0 Å². The average Bonchev–Trinajstić information content (AvgIpc) is 3.30. The lowest BCUT2D eigenvalue weighted by atomic mass is 10.2. The number of benzene rings is 1. The molecule has 0 saturated heterocycles. The van der Waals surface area contributed by atoms with Crippen molar-refractivity contribution in [1.29, 1.82) is 0 Å². The fourth-order valence-corrected chi connectivity index (χ4v) is 3.30. The highest BCUT2D eigenvalue weighted by molar-refractivity contribution is 5.73. The zero-order valence-electron chi connectivity index (χ0n) is 15.3. The van der Waals surface area contributed by atoms with Gasteiger partial charge in [0.25, 0.3) is 0 Å². The number of oxazole rings is 1. The Bertz CT molecular complexity index is 1240. The van der Waals surface area contributed by atoms with Crippen LogP contribution in [0.15, 0.2) is 47.3 Å². The minimum atomic E-state index is 0.539. The highest BCUT2D eigenvalue weighted by atomic mass is 16.3. The Balaban J connectivity index is 1.49. The number of aromatic nitrogens is 6. The number of hydrogen-bond acceptors (Lipinski definition) is 5. The minimum absolute atomic E-state index is 0.539. The van der Waals surface area contributed by atoms with E-state index in [1.165, 1.54) is 5.56 Å². The summed E-state index contributed by atoms with van der Waals surface area (Å²) in [7, 11) is 1.90. The highest BCUT2D eigenvalue weighted by Crippen LogP contribution is 2.26. The first-order chi connectivity index (χ1) is 13.0. The van der Waals surface area contributed by atoms with Gasteiger partial charge < -0.3 is 8.98 Å². The molecule has 0 fully saturated rings. The van der Waals surface area contributed by atoms with Gasteiger partial charge in [-0.05, 0) is 37.6 Å². The van der Waals surface area contributed by atoms with Gasteiger partial charge in [-0.2, -0.15) is 5.10 Å². The van der Waals surface area contributed by atoms with Crippen LogP contribution in [0.4, 0.5) is 0 Å². The van der Waals surface area contributed by atoms with Gasteiger partial charge in [0.05, 0.1) is 23.5 Å². The molecule has 0 N–H and O–H groups in total. The lowest BCUT2D eigenvalue weighted by molar-refractivity contribution is 0.508. The number of fused-ring (bicyclic) bond motifs is 2. The second kappa shape index (κ2) is 5.77. The van der Waals surface area contributed by atoms with E-state index in [0.29, 0.717) is 18.3 Å². The zero-order valence-corrected chi connectivity index (χ0v) is 15.3. The summed E-state index contributed by atoms with van der Waals surface area (Å²) < 4.78 is 9.64. The van der Waals surface area contributed by atoms with Crippen molar-refractivity contribution in [2.24, 2.45) is 7.05 Å². The summed E-state index contributed by atoms with van der Waals surface area (Å²) in [6.45, 7) is 4.55. The molecule has 0 unspecified atom stereocenters. The molecule has 27 heavy (non-hydrogen) atoms. The van der Waals surface area contributed by atoms with E-state index in [-0.39, 0.29) is 0 Å².